The summed E-state index contributed by atoms with van der Waals surface area (Å²) in [5.74, 6) is -1.26. The van der Waals surface area contributed by atoms with Crippen molar-refractivity contribution in [3.8, 4) is 5.75 Å². The van der Waals surface area contributed by atoms with Gasteiger partial charge in [0.15, 0.2) is 5.78 Å². The molecule has 20 heavy (non-hydrogen) atoms. The molecule has 1 aromatic rings. The predicted molar refractivity (Wildman–Crippen MR) is 67.7 cm³/mol. The van der Waals surface area contributed by atoms with Gasteiger partial charge < -0.3 is 4.74 Å². The van der Waals surface area contributed by atoms with Crippen molar-refractivity contribution in [3.05, 3.63) is 23.8 Å². The lowest BCUT2D eigenvalue weighted by atomic mass is 10.1. The minimum absolute atomic E-state index is 0.130. The minimum Gasteiger partial charge on any atom is -0.434 e. The third-order valence-corrected chi connectivity index (χ3v) is 3.22. The number of carbonyl (C=O) groups is 1. The van der Waals surface area contributed by atoms with Crippen molar-refractivity contribution < 1.29 is 31.5 Å². The third-order valence-electron chi connectivity index (χ3n) is 2.03. The molecule has 0 amide bonds. The molecule has 0 saturated carbocycles. The number of halogens is 6. The summed E-state index contributed by atoms with van der Waals surface area (Å²) in [6.07, 6.45) is -0.130. The quantitative estimate of drug-likeness (QED) is 0.305. The molecule has 0 aliphatic carbocycles. The Hall–Kier alpha value is -0.830. The van der Waals surface area contributed by atoms with E-state index in [1.807, 2.05) is 0 Å². The zero-order chi connectivity index (χ0) is 15.3. The van der Waals surface area contributed by atoms with E-state index in [0.717, 1.165) is 18.2 Å². The molecular weight excluding hydrogens is 371 g/mol. The molecule has 9 heteroatoms. The molecule has 1 aromatic carbocycles. The summed E-state index contributed by atoms with van der Waals surface area (Å²) in [5, 5.41) is 0.199. The Morgan fingerprint density at radius 3 is 2.50 bits per heavy atom. The molecule has 112 valence electrons. The van der Waals surface area contributed by atoms with Crippen molar-refractivity contribution in [3.63, 3.8) is 0 Å². The van der Waals surface area contributed by atoms with Gasteiger partial charge in [-0.05, 0) is 23.9 Å². The first-order valence-corrected chi connectivity index (χ1v) is 7.11. The van der Waals surface area contributed by atoms with Crippen LogP contribution in [0.5, 0.6) is 5.75 Å². The van der Waals surface area contributed by atoms with Crippen LogP contribution in [0.15, 0.2) is 23.1 Å². The summed E-state index contributed by atoms with van der Waals surface area (Å²) in [6.45, 7) is -3.23. The van der Waals surface area contributed by atoms with Crippen LogP contribution in [0.2, 0.25) is 0 Å². The first-order valence-electron chi connectivity index (χ1n) is 5.17. The predicted octanol–water partition coefficient (Wildman–Crippen LogP) is 4.87. The lowest BCUT2D eigenvalue weighted by Crippen LogP contribution is -2.11. The molecular formula is C11H8BrF5O2S. The highest BCUT2D eigenvalue weighted by Crippen LogP contribution is 2.41. The van der Waals surface area contributed by atoms with Crippen LogP contribution in [0.3, 0.4) is 0 Å². The fraction of sp³-hybridized carbons (Fsp3) is 0.364. The largest absolute Gasteiger partial charge is 0.446 e. The van der Waals surface area contributed by atoms with E-state index in [9.17, 15) is 26.7 Å². The average Bonchev–Trinajstić information content (AvgIpc) is 2.26. The highest BCUT2D eigenvalue weighted by molar-refractivity contribution is 9.09. The first-order chi connectivity index (χ1) is 9.24. The second-order valence-electron chi connectivity index (χ2n) is 3.42. The van der Waals surface area contributed by atoms with Gasteiger partial charge in [0.25, 0.3) is 0 Å². The van der Waals surface area contributed by atoms with Gasteiger partial charge in [-0.25, -0.2) is 0 Å². The molecule has 0 spiro atoms. The summed E-state index contributed by atoms with van der Waals surface area (Å²) >= 11 is 2.43. The van der Waals surface area contributed by atoms with Gasteiger partial charge in [0, 0.05) is 16.6 Å². The summed E-state index contributed by atoms with van der Waals surface area (Å²) in [4.78, 5) is 11.4. The minimum atomic E-state index is -4.63. The summed E-state index contributed by atoms with van der Waals surface area (Å²) in [5.41, 5.74) is -5.11. The number of hydrogen-bond donors (Lipinski definition) is 0. The number of thioether (sulfide) groups is 1. The molecule has 0 heterocycles. The zero-order valence-corrected chi connectivity index (χ0v) is 12.1. The number of ketones is 1. The Labute approximate surface area is 123 Å². The number of alkyl halides is 6. The molecule has 0 radical (unpaired) electrons. The fourth-order valence-corrected chi connectivity index (χ4v) is 2.47. The van der Waals surface area contributed by atoms with E-state index >= 15 is 0 Å². The number of Topliss-reactive ketones (excluding diaryl/α,β-unsaturated/α-hetero) is 1. The highest BCUT2D eigenvalue weighted by atomic mass is 79.9. The van der Waals surface area contributed by atoms with Crippen LogP contribution in [0, 0.1) is 0 Å². The number of hydrogen-bond acceptors (Lipinski definition) is 3. The molecule has 0 aromatic heterocycles. The van der Waals surface area contributed by atoms with Gasteiger partial charge in [-0.1, -0.05) is 22.0 Å². The molecule has 0 saturated heterocycles. The smallest absolute Gasteiger partial charge is 0.434 e. The lowest BCUT2D eigenvalue weighted by Gasteiger charge is -2.14. The maximum Gasteiger partial charge on any atom is 0.446 e. The lowest BCUT2D eigenvalue weighted by molar-refractivity contribution is -0.0503. The topological polar surface area (TPSA) is 26.3 Å². The summed E-state index contributed by atoms with van der Waals surface area (Å²) < 4.78 is 65.9. The van der Waals surface area contributed by atoms with Gasteiger partial charge in [0.2, 0.25) is 0 Å². The van der Waals surface area contributed by atoms with Crippen LogP contribution < -0.4 is 4.74 Å². The van der Waals surface area contributed by atoms with E-state index in [-0.39, 0.29) is 11.8 Å². The van der Waals surface area contributed by atoms with E-state index < -0.39 is 45.9 Å². The van der Waals surface area contributed by atoms with Crippen molar-refractivity contribution in [2.24, 2.45) is 0 Å². The van der Waals surface area contributed by atoms with Crippen LogP contribution in [0.4, 0.5) is 22.0 Å². The molecule has 0 atom stereocenters. The van der Waals surface area contributed by atoms with Crippen LogP contribution in [-0.4, -0.2) is 23.2 Å². The number of carbonyl (C=O) groups excluding carboxylic acids is 1. The maximum absolute atomic E-state index is 12.4. The van der Waals surface area contributed by atoms with Crippen molar-refractivity contribution >= 4 is 33.5 Å². The van der Waals surface area contributed by atoms with Crippen LogP contribution in [0.25, 0.3) is 0 Å². The maximum atomic E-state index is 12.4. The first kappa shape index (κ1) is 17.2. The van der Waals surface area contributed by atoms with E-state index in [1.54, 1.807) is 0 Å². The van der Waals surface area contributed by atoms with Gasteiger partial charge in [0.1, 0.15) is 5.75 Å². The van der Waals surface area contributed by atoms with Gasteiger partial charge in [-0.3, -0.25) is 4.79 Å². The van der Waals surface area contributed by atoms with E-state index in [1.165, 1.54) is 0 Å². The fourth-order valence-electron chi connectivity index (χ4n) is 1.40. The second kappa shape index (κ2) is 7.26. The van der Waals surface area contributed by atoms with Gasteiger partial charge in [-0.15, -0.1) is 0 Å². The molecule has 0 unspecified atom stereocenters. The Morgan fingerprint density at radius 2 is 2.00 bits per heavy atom. The van der Waals surface area contributed by atoms with Crippen molar-refractivity contribution in [2.75, 3.05) is 5.33 Å². The number of rotatable bonds is 6. The second-order valence-corrected chi connectivity index (χ2v) is 5.32. The SMILES string of the molecule is O=C(CCBr)c1c(OC(F)F)cccc1SC(F)(F)F. The van der Waals surface area contributed by atoms with Gasteiger partial charge >= 0.3 is 12.1 Å². The zero-order valence-electron chi connectivity index (χ0n) is 9.72. The molecule has 0 fully saturated rings. The third kappa shape index (κ3) is 5.28. The molecule has 0 aliphatic heterocycles. The Bertz CT molecular complexity index is 478. The van der Waals surface area contributed by atoms with Gasteiger partial charge in [0.05, 0.1) is 5.56 Å². The van der Waals surface area contributed by atoms with Gasteiger partial charge in [-0.2, -0.15) is 22.0 Å². The van der Waals surface area contributed by atoms with Crippen molar-refractivity contribution in [1.82, 2.24) is 0 Å². The van der Waals surface area contributed by atoms with Crippen molar-refractivity contribution in [2.45, 2.75) is 23.4 Å². The van der Waals surface area contributed by atoms with Crippen LogP contribution >= 0.6 is 27.7 Å². The Kier molecular flexibility index (Phi) is 6.25. The molecule has 0 N–H and O–H groups in total. The normalized spacial score (nSPS) is 11.8. The van der Waals surface area contributed by atoms with Crippen LogP contribution in [-0.2, 0) is 0 Å². The molecule has 2 nitrogen and oxygen atoms in total. The molecule has 0 bridgehead atoms. The summed E-state index contributed by atoms with van der Waals surface area (Å²) in [6, 6.07) is 3.20. The van der Waals surface area contributed by atoms with E-state index in [4.69, 9.17) is 0 Å². The van der Waals surface area contributed by atoms with E-state index in [0.29, 0.717) is 0 Å². The Balaban J connectivity index is 3.24. The Morgan fingerprint density at radius 1 is 1.35 bits per heavy atom. The average molecular weight is 379 g/mol. The molecule has 0 aliphatic rings. The summed E-state index contributed by atoms with van der Waals surface area (Å²) in [7, 11) is 0. The number of ether oxygens (including phenoxy) is 1. The number of benzene rings is 1. The van der Waals surface area contributed by atoms with Crippen LogP contribution in [0.1, 0.15) is 16.8 Å². The van der Waals surface area contributed by atoms with E-state index in [2.05, 4.69) is 20.7 Å². The van der Waals surface area contributed by atoms with Crippen molar-refractivity contribution in [1.29, 1.82) is 0 Å². The molecule has 1 rings (SSSR count). The standard InChI is InChI=1S/C11H8BrF5O2S/c12-5-4-6(18)9-7(19-10(13)14)2-1-3-8(9)20-11(15,16)17/h1-3,10H,4-5H2. The monoisotopic (exact) mass is 378 g/mol. The highest BCUT2D eigenvalue weighted by Gasteiger charge is 2.32.